The molecule has 282 valence electrons. The lowest BCUT2D eigenvalue weighted by molar-refractivity contribution is -0.154. The quantitative estimate of drug-likeness (QED) is 0.0465. The molecule has 0 saturated heterocycles. The van der Waals surface area contributed by atoms with Crippen LogP contribution in [-0.4, -0.2) is 36.4 Å². The zero-order valence-electron chi connectivity index (χ0n) is 30.6. The van der Waals surface area contributed by atoms with E-state index in [4.69, 9.17) is 18.5 Å². The minimum atomic E-state index is -4.23. The maximum Gasteiger partial charge on any atom is 0.407 e. The van der Waals surface area contributed by atoms with E-state index in [2.05, 4.69) is 10.6 Å². The number of hydrogen-bond acceptors (Lipinski definition) is 8. The van der Waals surface area contributed by atoms with Crippen molar-refractivity contribution in [2.24, 2.45) is 5.92 Å². The third-order valence-corrected chi connectivity index (χ3v) is 10.8. The van der Waals surface area contributed by atoms with Crippen molar-refractivity contribution in [3.63, 3.8) is 0 Å². The van der Waals surface area contributed by atoms with Gasteiger partial charge in [-0.25, -0.2) is 9.59 Å². The van der Waals surface area contributed by atoms with E-state index in [1.807, 2.05) is 135 Å². The molecule has 0 fully saturated rings. The number of benzene rings is 4. The third-order valence-electron chi connectivity index (χ3n) is 8.38. The fourth-order valence-corrected chi connectivity index (χ4v) is 7.75. The molecule has 0 bridgehead atoms. The maximum absolute atomic E-state index is 15.0. The van der Waals surface area contributed by atoms with Crippen LogP contribution in [0.1, 0.15) is 68.2 Å². The van der Waals surface area contributed by atoms with Crippen molar-refractivity contribution in [1.29, 1.82) is 0 Å². The van der Waals surface area contributed by atoms with Crippen molar-refractivity contribution >= 4 is 25.6 Å². The molecular weight excluding hydrogens is 691 g/mol. The second-order valence-corrected chi connectivity index (χ2v) is 15.2. The summed E-state index contributed by atoms with van der Waals surface area (Å²) in [5.41, 5.74) is 3.53. The number of alkyl carbamates (subject to hydrolysis) is 1. The van der Waals surface area contributed by atoms with Crippen LogP contribution < -0.4 is 10.6 Å². The lowest BCUT2D eigenvalue weighted by atomic mass is 10.1. The minimum Gasteiger partial charge on any atom is -0.459 e. The van der Waals surface area contributed by atoms with Crippen molar-refractivity contribution in [3.8, 4) is 0 Å². The predicted octanol–water partition coefficient (Wildman–Crippen LogP) is 8.74. The largest absolute Gasteiger partial charge is 0.459 e. The van der Waals surface area contributed by atoms with Gasteiger partial charge in [0.1, 0.15) is 19.0 Å². The average molecular weight is 743 g/mol. The third kappa shape index (κ3) is 15.0. The fraction of sp³-hybridized carbons (Fsp3) is 0.357. The Kier molecular flexibility index (Phi) is 17.3. The summed E-state index contributed by atoms with van der Waals surface area (Å²) in [6, 6.07) is 37.7. The van der Waals surface area contributed by atoms with Crippen LogP contribution >= 0.6 is 7.60 Å². The van der Waals surface area contributed by atoms with Gasteiger partial charge in [0.2, 0.25) is 5.91 Å². The molecule has 4 aromatic carbocycles. The van der Waals surface area contributed by atoms with Gasteiger partial charge in [0.25, 0.3) is 0 Å². The predicted molar refractivity (Wildman–Crippen MR) is 205 cm³/mol. The van der Waals surface area contributed by atoms with Crippen molar-refractivity contribution in [2.75, 3.05) is 6.54 Å². The topological polar surface area (TPSA) is 129 Å². The monoisotopic (exact) mass is 742 g/mol. The number of esters is 1. The number of unbranched alkanes of at least 4 members (excludes halogenated alkanes) is 1. The number of aryl methyl sites for hydroxylation is 1. The summed E-state index contributed by atoms with van der Waals surface area (Å²) < 4.78 is 38.3. The zero-order valence-corrected chi connectivity index (χ0v) is 31.5. The molecular formula is C42H51N2O8P. The van der Waals surface area contributed by atoms with Crippen molar-refractivity contribution in [3.05, 3.63) is 144 Å². The lowest BCUT2D eigenvalue weighted by Crippen LogP contribution is -2.41. The number of carbonyl (C=O) groups excluding carboxylic acids is 3. The highest BCUT2D eigenvalue weighted by Gasteiger charge is 2.43. The molecule has 53 heavy (non-hydrogen) atoms. The molecule has 2 N–H and O–H groups in total. The van der Waals surface area contributed by atoms with Crippen LogP contribution in [0.25, 0.3) is 0 Å². The molecule has 2 amide bonds. The first-order chi connectivity index (χ1) is 25.7. The molecule has 10 nitrogen and oxygen atoms in total. The number of rotatable bonds is 22. The number of nitrogens with one attached hydrogen (secondary N) is 2. The summed E-state index contributed by atoms with van der Waals surface area (Å²) in [4.78, 5) is 39.2. The number of carbonyl (C=O) groups is 3. The molecule has 0 spiro atoms. The Labute approximate surface area is 313 Å². The number of hydrogen-bond donors (Lipinski definition) is 2. The first-order valence-corrected chi connectivity index (χ1v) is 19.8. The molecule has 0 heterocycles. The zero-order chi connectivity index (χ0) is 37.7. The van der Waals surface area contributed by atoms with E-state index in [1.165, 1.54) is 0 Å². The fourth-order valence-electron chi connectivity index (χ4n) is 5.49. The van der Waals surface area contributed by atoms with Gasteiger partial charge in [0.05, 0.1) is 6.61 Å². The summed E-state index contributed by atoms with van der Waals surface area (Å²) in [6.07, 6.45) is 0.716. The molecule has 3 atom stereocenters. The summed E-state index contributed by atoms with van der Waals surface area (Å²) in [7, 11) is -4.23. The summed E-state index contributed by atoms with van der Waals surface area (Å²) >= 11 is 0. The van der Waals surface area contributed by atoms with Gasteiger partial charge in [-0.3, -0.25) is 13.9 Å². The lowest BCUT2D eigenvalue weighted by Gasteiger charge is -2.32. The molecule has 0 aliphatic carbocycles. The van der Waals surface area contributed by atoms with Gasteiger partial charge in [-0.2, -0.15) is 0 Å². The summed E-state index contributed by atoms with van der Waals surface area (Å²) in [5.74, 6) is -2.41. The first-order valence-electron chi connectivity index (χ1n) is 18.2. The molecule has 11 heteroatoms. The molecule has 0 aliphatic heterocycles. The van der Waals surface area contributed by atoms with Crippen LogP contribution in [0, 0.1) is 5.92 Å². The van der Waals surface area contributed by atoms with E-state index in [1.54, 1.807) is 0 Å². The van der Waals surface area contributed by atoms with Crippen LogP contribution in [0.2, 0.25) is 0 Å². The van der Waals surface area contributed by atoms with Crippen LogP contribution in [0.3, 0.4) is 0 Å². The highest BCUT2D eigenvalue weighted by atomic mass is 31.2. The van der Waals surface area contributed by atoms with Gasteiger partial charge < -0.3 is 24.6 Å². The Bertz CT molecular complexity index is 1710. The standard InChI is InChI=1S/C42H51N2O8P/c1-33(2)40(44-39(45)28-17-26-34-18-7-3-8-19-34)53(48,51-32-37-24-13-6-14-25-37)52-38(41(46)49-30-35-20-9-4-10-21-35)27-15-16-29-43-42(47)50-31-36-22-11-5-12-23-36/h3-14,18-25,33,38,40H,15-17,26-32H2,1-2H3,(H,43,47)(H,44,45)/t38-,40?,53?/m0/s1. The van der Waals surface area contributed by atoms with Crippen LogP contribution in [0.4, 0.5) is 4.79 Å². The maximum atomic E-state index is 15.0. The van der Waals surface area contributed by atoms with Gasteiger partial charge in [0, 0.05) is 13.0 Å². The SMILES string of the molecule is CC(C)C(NC(=O)CCCc1ccccc1)P(=O)(OCc1ccccc1)O[C@@H](CCCCNC(=O)OCc1ccccc1)C(=O)OCc1ccccc1. The Morgan fingerprint density at radius 3 is 1.70 bits per heavy atom. The Morgan fingerprint density at radius 2 is 1.15 bits per heavy atom. The van der Waals surface area contributed by atoms with Crippen molar-refractivity contribution < 1.29 is 37.5 Å². The van der Waals surface area contributed by atoms with Crippen molar-refractivity contribution in [1.82, 2.24) is 10.6 Å². The normalized spacial score (nSPS) is 13.3. The highest BCUT2D eigenvalue weighted by Crippen LogP contribution is 2.56. The van der Waals surface area contributed by atoms with E-state index in [9.17, 15) is 18.9 Å². The summed E-state index contributed by atoms with van der Waals surface area (Å²) in [5, 5.41) is 5.65. The number of amides is 2. The molecule has 2 unspecified atom stereocenters. The number of ether oxygens (including phenoxy) is 2. The Morgan fingerprint density at radius 1 is 0.642 bits per heavy atom. The Balaban J connectivity index is 1.45. The van der Waals surface area contributed by atoms with Crippen LogP contribution in [-0.2, 0) is 58.9 Å². The van der Waals surface area contributed by atoms with E-state index in [0.717, 1.165) is 22.3 Å². The molecule has 0 radical (unpaired) electrons. The van der Waals surface area contributed by atoms with E-state index in [0.29, 0.717) is 25.7 Å². The second-order valence-electron chi connectivity index (χ2n) is 13.1. The van der Waals surface area contributed by atoms with Gasteiger partial charge in [-0.15, -0.1) is 0 Å². The Hall–Kier alpha value is -4.76. The van der Waals surface area contributed by atoms with Gasteiger partial charge in [0.15, 0.2) is 6.10 Å². The van der Waals surface area contributed by atoms with Crippen LogP contribution in [0.15, 0.2) is 121 Å². The average Bonchev–Trinajstić information content (AvgIpc) is 3.18. The molecule has 4 aromatic rings. The smallest absolute Gasteiger partial charge is 0.407 e. The highest BCUT2D eigenvalue weighted by molar-refractivity contribution is 7.54. The molecule has 0 aliphatic rings. The first kappa shape index (κ1) is 41.0. The van der Waals surface area contributed by atoms with Crippen molar-refractivity contribution in [2.45, 2.75) is 84.1 Å². The van der Waals surface area contributed by atoms with E-state index in [-0.39, 0.29) is 51.0 Å². The molecule has 0 aromatic heterocycles. The van der Waals surface area contributed by atoms with E-state index >= 15 is 0 Å². The van der Waals surface area contributed by atoms with Gasteiger partial charge in [-0.1, -0.05) is 135 Å². The van der Waals surface area contributed by atoms with Gasteiger partial charge in [-0.05, 0) is 60.3 Å². The second kappa shape index (κ2) is 22.3. The minimum absolute atomic E-state index is 0.00469. The summed E-state index contributed by atoms with van der Waals surface area (Å²) in [6.45, 7) is 4.01. The van der Waals surface area contributed by atoms with Gasteiger partial charge >= 0.3 is 19.7 Å². The van der Waals surface area contributed by atoms with E-state index < -0.39 is 31.5 Å². The van der Waals surface area contributed by atoms with Crippen LogP contribution in [0.5, 0.6) is 0 Å². The molecule has 4 rings (SSSR count). The molecule has 0 saturated carbocycles.